The van der Waals surface area contributed by atoms with Crippen LogP contribution in [0.1, 0.15) is 38.2 Å². The zero-order chi connectivity index (χ0) is 14.8. The van der Waals surface area contributed by atoms with E-state index in [0.717, 1.165) is 18.5 Å². The largest absolute Gasteiger partial charge is 0.508 e. The van der Waals surface area contributed by atoms with Crippen LogP contribution in [0.4, 0.5) is 0 Å². The molecule has 112 valence electrons. The molecular formula is C16H26N2O2. The van der Waals surface area contributed by atoms with Crippen LogP contribution in [0.2, 0.25) is 0 Å². The van der Waals surface area contributed by atoms with Crippen molar-refractivity contribution in [1.82, 2.24) is 10.2 Å². The molecule has 0 saturated carbocycles. The van der Waals surface area contributed by atoms with Gasteiger partial charge in [0.1, 0.15) is 5.75 Å². The number of phenols is 1. The highest BCUT2D eigenvalue weighted by Crippen LogP contribution is 2.11. The summed E-state index contributed by atoms with van der Waals surface area (Å²) in [6.45, 7) is 4.05. The summed E-state index contributed by atoms with van der Waals surface area (Å²) in [6, 6.07) is 6.94. The quantitative estimate of drug-likeness (QED) is 0.682. The molecule has 4 heteroatoms. The molecule has 0 atom stereocenters. The van der Waals surface area contributed by atoms with E-state index in [1.165, 1.54) is 19.3 Å². The summed E-state index contributed by atoms with van der Waals surface area (Å²) in [7, 11) is 1.80. The number of carbonyl (C=O) groups excluding carboxylic acids is 1. The molecule has 0 aliphatic heterocycles. The topological polar surface area (TPSA) is 52.6 Å². The van der Waals surface area contributed by atoms with E-state index in [1.54, 1.807) is 24.1 Å². The summed E-state index contributed by atoms with van der Waals surface area (Å²) in [5.41, 5.74) is 1.02. The molecule has 20 heavy (non-hydrogen) atoms. The second-order valence-corrected chi connectivity index (χ2v) is 5.15. The summed E-state index contributed by atoms with van der Waals surface area (Å²) < 4.78 is 0. The maximum absolute atomic E-state index is 11.9. The van der Waals surface area contributed by atoms with Gasteiger partial charge in [-0.3, -0.25) is 4.79 Å². The summed E-state index contributed by atoms with van der Waals surface area (Å²) in [4.78, 5) is 13.6. The number of likely N-dealkylation sites (N-methyl/N-ethyl adjacent to an activating group) is 1. The number of phenolic OH excluding ortho intramolecular Hbond substituents is 1. The molecule has 0 aliphatic rings. The maximum Gasteiger partial charge on any atom is 0.236 e. The predicted octanol–water partition coefficient (Wildman–Crippen LogP) is 2.52. The van der Waals surface area contributed by atoms with Gasteiger partial charge in [0, 0.05) is 13.6 Å². The Morgan fingerprint density at radius 1 is 1.20 bits per heavy atom. The van der Waals surface area contributed by atoms with Crippen molar-refractivity contribution in [2.24, 2.45) is 0 Å². The molecule has 0 radical (unpaired) electrons. The lowest BCUT2D eigenvalue weighted by molar-refractivity contribution is -0.129. The van der Waals surface area contributed by atoms with Gasteiger partial charge in [-0.15, -0.1) is 0 Å². The van der Waals surface area contributed by atoms with Gasteiger partial charge in [-0.05, 0) is 30.7 Å². The monoisotopic (exact) mass is 278 g/mol. The average molecular weight is 278 g/mol. The first-order valence-corrected chi connectivity index (χ1v) is 7.36. The number of hydrogen-bond donors (Lipinski definition) is 2. The lowest BCUT2D eigenvalue weighted by atomic mass is 10.2. The molecule has 1 rings (SSSR count). The Morgan fingerprint density at radius 3 is 2.55 bits per heavy atom. The Kier molecular flexibility index (Phi) is 7.73. The first-order chi connectivity index (χ1) is 9.63. The Balaban J connectivity index is 2.20. The second-order valence-electron chi connectivity index (χ2n) is 5.15. The third-order valence-corrected chi connectivity index (χ3v) is 3.27. The van der Waals surface area contributed by atoms with Crippen LogP contribution in [0.3, 0.4) is 0 Å². The second kappa shape index (κ2) is 9.37. The number of rotatable bonds is 9. The molecule has 0 spiro atoms. The SMILES string of the molecule is CCCCCCNCC(=O)N(C)Cc1ccc(O)cc1. The van der Waals surface area contributed by atoms with E-state index in [1.807, 2.05) is 12.1 Å². The molecular weight excluding hydrogens is 252 g/mol. The van der Waals surface area contributed by atoms with E-state index >= 15 is 0 Å². The summed E-state index contributed by atoms with van der Waals surface area (Å²) in [5, 5.41) is 12.4. The van der Waals surface area contributed by atoms with Crippen LogP contribution in [-0.4, -0.2) is 36.1 Å². The van der Waals surface area contributed by atoms with Crippen LogP contribution in [0.15, 0.2) is 24.3 Å². The minimum Gasteiger partial charge on any atom is -0.508 e. The fraction of sp³-hybridized carbons (Fsp3) is 0.562. The molecule has 1 aromatic rings. The summed E-state index contributed by atoms with van der Waals surface area (Å²) in [5.74, 6) is 0.338. The molecule has 0 aliphatic carbocycles. The molecule has 0 saturated heterocycles. The Morgan fingerprint density at radius 2 is 1.90 bits per heavy atom. The zero-order valence-electron chi connectivity index (χ0n) is 12.6. The van der Waals surface area contributed by atoms with E-state index in [-0.39, 0.29) is 11.7 Å². The van der Waals surface area contributed by atoms with Gasteiger partial charge in [0.25, 0.3) is 0 Å². The molecule has 0 heterocycles. The highest BCUT2D eigenvalue weighted by atomic mass is 16.3. The number of aromatic hydroxyl groups is 1. The molecule has 4 nitrogen and oxygen atoms in total. The number of hydrogen-bond acceptors (Lipinski definition) is 3. The van der Waals surface area contributed by atoms with Gasteiger partial charge in [0.2, 0.25) is 5.91 Å². The van der Waals surface area contributed by atoms with Crippen LogP contribution in [0, 0.1) is 0 Å². The lowest BCUT2D eigenvalue weighted by Crippen LogP contribution is -2.35. The Bertz CT molecular complexity index is 390. The molecule has 1 amide bonds. The van der Waals surface area contributed by atoms with Gasteiger partial charge in [0.15, 0.2) is 0 Å². The van der Waals surface area contributed by atoms with Crippen LogP contribution in [-0.2, 0) is 11.3 Å². The van der Waals surface area contributed by atoms with Crippen molar-refractivity contribution >= 4 is 5.91 Å². The molecule has 0 aromatic heterocycles. The smallest absolute Gasteiger partial charge is 0.236 e. The molecule has 0 fully saturated rings. The molecule has 1 aromatic carbocycles. The zero-order valence-corrected chi connectivity index (χ0v) is 12.6. The van der Waals surface area contributed by atoms with Gasteiger partial charge in [0.05, 0.1) is 6.54 Å². The third-order valence-electron chi connectivity index (χ3n) is 3.27. The first kappa shape index (κ1) is 16.5. The lowest BCUT2D eigenvalue weighted by Gasteiger charge is -2.17. The van der Waals surface area contributed by atoms with Crippen LogP contribution < -0.4 is 5.32 Å². The van der Waals surface area contributed by atoms with Gasteiger partial charge in [-0.1, -0.05) is 38.3 Å². The fourth-order valence-electron chi connectivity index (χ4n) is 1.97. The molecule has 0 unspecified atom stereocenters. The normalized spacial score (nSPS) is 10.5. The van der Waals surface area contributed by atoms with Gasteiger partial charge >= 0.3 is 0 Å². The van der Waals surface area contributed by atoms with Crippen molar-refractivity contribution in [3.05, 3.63) is 29.8 Å². The Labute approximate surface area is 121 Å². The average Bonchev–Trinajstić information content (AvgIpc) is 2.45. The van der Waals surface area contributed by atoms with E-state index in [0.29, 0.717) is 13.1 Å². The fourth-order valence-corrected chi connectivity index (χ4v) is 1.97. The minimum absolute atomic E-state index is 0.0913. The number of carbonyl (C=O) groups is 1. The first-order valence-electron chi connectivity index (χ1n) is 7.36. The van der Waals surface area contributed by atoms with Gasteiger partial charge in [-0.25, -0.2) is 0 Å². The van der Waals surface area contributed by atoms with Crippen molar-refractivity contribution in [2.45, 2.75) is 39.2 Å². The van der Waals surface area contributed by atoms with Crippen LogP contribution >= 0.6 is 0 Å². The Hall–Kier alpha value is -1.55. The van der Waals surface area contributed by atoms with Crippen molar-refractivity contribution in [2.75, 3.05) is 20.1 Å². The molecule has 0 bridgehead atoms. The van der Waals surface area contributed by atoms with Crippen molar-refractivity contribution in [1.29, 1.82) is 0 Å². The van der Waals surface area contributed by atoms with E-state index in [4.69, 9.17) is 0 Å². The van der Waals surface area contributed by atoms with E-state index in [9.17, 15) is 9.90 Å². The number of amides is 1. The maximum atomic E-state index is 11.9. The van der Waals surface area contributed by atoms with Gasteiger partial charge in [-0.2, -0.15) is 0 Å². The number of nitrogens with one attached hydrogen (secondary N) is 1. The van der Waals surface area contributed by atoms with E-state index in [2.05, 4.69) is 12.2 Å². The minimum atomic E-state index is 0.0913. The number of nitrogens with zero attached hydrogens (tertiary/aromatic N) is 1. The van der Waals surface area contributed by atoms with Crippen molar-refractivity contribution in [3.63, 3.8) is 0 Å². The van der Waals surface area contributed by atoms with Gasteiger partial charge < -0.3 is 15.3 Å². The van der Waals surface area contributed by atoms with Crippen molar-refractivity contribution < 1.29 is 9.90 Å². The number of benzene rings is 1. The van der Waals surface area contributed by atoms with Crippen LogP contribution in [0.5, 0.6) is 5.75 Å². The standard InChI is InChI=1S/C16H26N2O2/c1-3-4-5-6-11-17-12-16(20)18(2)13-14-7-9-15(19)10-8-14/h7-10,17,19H,3-6,11-13H2,1-2H3. The summed E-state index contributed by atoms with van der Waals surface area (Å²) >= 11 is 0. The summed E-state index contributed by atoms with van der Waals surface area (Å²) in [6.07, 6.45) is 4.84. The van der Waals surface area contributed by atoms with E-state index < -0.39 is 0 Å². The van der Waals surface area contributed by atoms with Crippen LogP contribution in [0.25, 0.3) is 0 Å². The number of unbranched alkanes of at least 4 members (excludes halogenated alkanes) is 3. The third kappa shape index (κ3) is 6.57. The highest BCUT2D eigenvalue weighted by Gasteiger charge is 2.08. The van der Waals surface area contributed by atoms with Crippen molar-refractivity contribution in [3.8, 4) is 5.75 Å². The molecule has 2 N–H and O–H groups in total. The predicted molar refractivity (Wildman–Crippen MR) is 81.6 cm³/mol. The highest BCUT2D eigenvalue weighted by molar-refractivity contribution is 5.77.